The topological polar surface area (TPSA) is 82.6 Å². The first kappa shape index (κ1) is 23.2. The molecule has 3 saturated heterocycles. The molecule has 3 fully saturated rings. The lowest BCUT2D eigenvalue weighted by Gasteiger charge is -2.42. The summed E-state index contributed by atoms with van der Waals surface area (Å²) >= 11 is 0. The molecule has 1 unspecified atom stereocenters. The van der Waals surface area contributed by atoms with Crippen molar-refractivity contribution in [1.29, 1.82) is 0 Å². The van der Waals surface area contributed by atoms with E-state index in [1.807, 2.05) is 6.26 Å². The fourth-order valence-electron chi connectivity index (χ4n) is 6.04. The Balaban J connectivity index is 1.21. The van der Waals surface area contributed by atoms with E-state index in [4.69, 9.17) is 4.74 Å². The largest absolute Gasteiger partial charge is 0.486 e. The lowest BCUT2D eigenvalue weighted by Crippen LogP contribution is -2.58. The van der Waals surface area contributed by atoms with Crippen LogP contribution in [0.3, 0.4) is 0 Å². The standard InChI is InChI=1S/C26H36N6O2S/c1-17-11-19(18-3-7-31(8-4-18)20-13-27-14-20)12-23-24(17)34-15-22-25(30-23)28-16-29-26(22)32-9-5-21(6-10-32)35(2)33/h11-12,16,18,20-21,27H,3-10,13-15H2,1-2H3,(H,28,29,30). The van der Waals surface area contributed by atoms with Gasteiger partial charge in [-0.2, -0.15) is 0 Å². The van der Waals surface area contributed by atoms with Gasteiger partial charge in [0.05, 0.1) is 11.3 Å². The van der Waals surface area contributed by atoms with Crippen molar-refractivity contribution in [2.24, 2.45) is 0 Å². The smallest absolute Gasteiger partial charge is 0.146 e. The van der Waals surface area contributed by atoms with Gasteiger partial charge >= 0.3 is 0 Å². The summed E-state index contributed by atoms with van der Waals surface area (Å²) in [5, 5.41) is 7.28. The van der Waals surface area contributed by atoms with E-state index in [9.17, 15) is 4.21 Å². The van der Waals surface area contributed by atoms with Gasteiger partial charge in [0.25, 0.3) is 0 Å². The van der Waals surface area contributed by atoms with Gasteiger partial charge in [-0.25, -0.2) is 9.97 Å². The molecule has 0 aliphatic carbocycles. The van der Waals surface area contributed by atoms with E-state index in [0.717, 1.165) is 73.7 Å². The molecule has 8 nitrogen and oxygen atoms in total. The van der Waals surface area contributed by atoms with Crippen LogP contribution < -0.4 is 20.3 Å². The Morgan fingerprint density at radius 3 is 2.51 bits per heavy atom. The first-order valence-corrected chi connectivity index (χ1v) is 14.6. The minimum Gasteiger partial charge on any atom is -0.486 e. The molecule has 1 aromatic heterocycles. The van der Waals surface area contributed by atoms with Crippen molar-refractivity contribution in [2.45, 2.75) is 56.4 Å². The molecule has 5 heterocycles. The molecular weight excluding hydrogens is 460 g/mol. The van der Waals surface area contributed by atoms with E-state index in [-0.39, 0.29) is 5.25 Å². The van der Waals surface area contributed by atoms with Gasteiger partial charge in [-0.3, -0.25) is 9.11 Å². The molecule has 6 rings (SSSR count). The summed E-state index contributed by atoms with van der Waals surface area (Å²) in [5.74, 6) is 3.26. The van der Waals surface area contributed by atoms with Crippen molar-refractivity contribution in [3.63, 3.8) is 0 Å². The number of benzene rings is 1. The Bertz CT molecular complexity index is 1110. The van der Waals surface area contributed by atoms with E-state index < -0.39 is 10.8 Å². The second kappa shape index (κ2) is 9.67. The van der Waals surface area contributed by atoms with Crippen LogP contribution in [0.5, 0.6) is 5.75 Å². The zero-order valence-corrected chi connectivity index (χ0v) is 21.6. The van der Waals surface area contributed by atoms with E-state index in [0.29, 0.717) is 12.5 Å². The van der Waals surface area contributed by atoms with E-state index in [1.54, 1.807) is 6.33 Å². The van der Waals surface area contributed by atoms with Crippen LogP contribution in [0, 0.1) is 6.92 Å². The third-order valence-corrected chi connectivity index (χ3v) is 9.73. The van der Waals surface area contributed by atoms with Gasteiger partial charge in [-0.1, -0.05) is 6.07 Å². The highest BCUT2D eigenvalue weighted by Gasteiger charge is 2.31. The molecule has 0 radical (unpaired) electrons. The highest BCUT2D eigenvalue weighted by molar-refractivity contribution is 7.84. The number of likely N-dealkylation sites (tertiary alicyclic amines) is 1. The van der Waals surface area contributed by atoms with Crippen molar-refractivity contribution in [2.75, 3.05) is 55.7 Å². The molecule has 4 aliphatic rings. The van der Waals surface area contributed by atoms with Crippen molar-refractivity contribution >= 4 is 28.1 Å². The predicted octanol–water partition coefficient (Wildman–Crippen LogP) is 2.92. The Morgan fingerprint density at radius 1 is 1.06 bits per heavy atom. The van der Waals surface area contributed by atoms with Gasteiger partial charge in [0.2, 0.25) is 0 Å². The molecule has 2 N–H and O–H groups in total. The minimum absolute atomic E-state index is 0.281. The first-order chi connectivity index (χ1) is 17.1. The quantitative estimate of drug-likeness (QED) is 0.669. The summed E-state index contributed by atoms with van der Waals surface area (Å²) in [6, 6.07) is 5.34. The van der Waals surface area contributed by atoms with Crippen molar-refractivity contribution in [3.8, 4) is 5.75 Å². The lowest BCUT2D eigenvalue weighted by atomic mass is 9.87. The number of fused-ring (bicyclic) bond motifs is 2. The fraction of sp³-hybridized carbons (Fsp3) is 0.615. The Kier molecular flexibility index (Phi) is 6.41. The predicted molar refractivity (Wildman–Crippen MR) is 140 cm³/mol. The molecule has 4 aliphatic heterocycles. The summed E-state index contributed by atoms with van der Waals surface area (Å²) in [7, 11) is -0.767. The molecule has 0 saturated carbocycles. The van der Waals surface area contributed by atoms with Crippen LogP contribution >= 0.6 is 0 Å². The van der Waals surface area contributed by atoms with Gasteiger partial charge in [-0.05, 0) is 68.8 Å². The number of aromatic nitrogens is 2. The number of rotatable bonds is 4. The van der Waals surface area contributed by atoms with Gasteiger partial charge in [-0.15, -0.1) is 0 Å². The van der Waals surface area contributed by atoms with Crippen LogP contribution in [0.15, 0.2) is 18.5 Å². The van der Waals surface area contributed by atoms with Crippen molar-refractivity contribution < 1.29 is 8.95 Å². The monoisotopic (exact) mass is 496 g/mol. The zero-order chi connectivity index (χ0) is 23.9. The maximum absolute atomic E-state index is 11.9. The third kappa shape index (κ3) is 4.54. The maximum Gasteiger partial charge on any atom is 0.146 e. The number of nitrogens with one attached hydrogen (secondary N) is 2. The number of aryl methyl sites for hydroxylation is 1. The highest BCUT2D eigenvalue weighted by Crippen LogP contribution is 2.41. The van der Waals surface area contributed by atoms with Crippen LogP contribution in [0.25, 0.3) is 0 Å². The summed E-state index contributed by atoms with van der Waals surface area (Å²) < 4.78 is 18.3. The van der Waals surface area contributed by atoms with Crippen LogP contribution in [0.1, 0.15) is 48.3 Å². The van der Waals surface area contributed by atoms with Crippen LogP contribution in [-0.2, 0) is 17.4 Å². The number of ether oxygens (including phenoxy) is 1. The summed E-state index contributed by atoms with van der Waals surface area (Å²) in [6.07, 6.45) is 7.73. The Labute approximate surface area is 210 Å². The molecule has 35 heavy (non-hydrogen) atoms. The second-order valence-corrected chi connectivity index (χ2v) is 12.1. The van der Waals surface area contributed by atoms with E-state index in [2.05, 4.69) is 49.5 Å². The Morgan fingerprint density at radius 2 is 1.83 bits per heavy atom. The maximum atomic E-state index is 11.9. The van der Waals surface area contributed by atoms with Crippen LogP contribution in [-0.4, -0.2) is 75.9 Å². The minimum atomic E-state index is -0.767. The normalized spacial score (nSPS) is 22.9. The Hall–Kier alpha value is -2.23. The van der Waals surface area contributed by atoms with E-state index in [1.165, 1.54) is 37.1 Å². The number of hydrogen-bond acceptors (Lipinski definition) is 8. The summed E-state index contributed by atoms with van der Waals surface area (Å²) in [5.41, 5.74) is 4.58. The molecule has 0 amide bonds. The van der Waals surface area contributed by atoms with Gasteiger partial charge in [0, 0.05) is 54.5 Å². The van der Waals surface area contributed by atoms with Crippen molar-refractivity contribution in [3.05, 3.63) is 35.2 Å². The molecule has 188 valence electrons. The number of anilines is 3. The zero-order valence-electron chi connectivity index (χ0n) is 20.8. The fourth-order valence-corrected chi connectivity index (χ4v) is 6.91. The van der Waals surface area contributed by atoms with Gasteiger partial charge in [0.1, 0.15) is 30.3 Å². The molecule has 0 bridgehead atoms. The molecule has 9 heteroatoms. The van der Waals surface area contributed by atoms with Crippen molar-refractivity contribution in [1.82, 2.24) is 20.2 Å². The summed E-state index contributed by atoms with van der Waals surface area (Å²) in [4.78, 5) is 14.2. The SMILES string of the molecule is Cc1cc(C2CCN(C3CNC3)CC2)cc2c1OCc1c(ncnc1N1CCC(S(C)=O)CC1)N2. The average Bonchev–Trinajstić information content (AvgIpc) is 3.03. The van der Waals surface area contributed by atoms with Gasteiger partial charge < -0.3 is 20.3 Å². The molecular formula is C26H36N6O2S. The number of piperidine rings is 2. The highest BCUT2D eigenvalue weighted by atomic mass is 32.2. The second-order valence-electron chi connectivity index (χ2n) is 10.5. The molecule has 1 atom stereocenters. The first-order valence-electron chi connectivity index (χ1n) is 13.0. The lowest BCUT2D eigenvalue weighted by molar-refractivity contribution is 0.113. The molecule has 1 aromatic carbocycles. The molecule has 0 spiro atoms. The molecule has 2 aromatic rings. The van der Waals surface area contributed by atoms with Crippen LogP contribution in [0.2, 0.25) is 0 Å². The van der Waals surface area contributed by atoms with Crippen LogP contribution in [0.4, 0.5) is 17.3 Å². The number of nitrogens with zero attached hydrogens (tertiary/aromatic N) is 4. The van der Waals surface area contributed by atoms with E-state index >= 15 is 0 Å². The average molecular weight is 497 g/mol. The summed E-state index contributed by atoms with van der Waals surface area (Å²) in [6.45, 7) is 8.96. The van der Waals surface area contributed by atoms with Gasteiger partial charge in [0.15, 0.2) is 0 Å². The number of hydrogen-bond donors (Lipinski definition) is 2. The third-order valence-electron chi connectivity index (χ3n) is 8.32.